The molecule has 2 aromatic carbocycles. The van der Waals surface area contributed by atoms with Crippen molar-refractivity contribution in [1.29, 1.82) is 0 Å². The third-order valence-electron chi connectivity index (χ3n) is 3.02. The lowest BCUT2D eigenvalue weighted by atomic mass is 10.2. The highest BCUT2D eigenvalue weighted by atomic mass is 32.1. The zero-order valence-corrected chi connectivity index (χ0v) is 14.2. The number of aryl methyl sites for hydroxylation is 1. The van der Waals surface area contributed by atoms with Crippen molar-refractivity contribution in [1.82, 2.24) is 5.32 Å². The molecule has 2 aromatic rings. The SMILES string of the molecule is Cc1ccc(OCCNC(=S)Nc2ccc(OC(F)(F)F)cc2)cc1. The van der Waals surface area contributed by atoms with E-state index in [9.17, 15) is 13.2 Å². The Morgan fingerprint density at radius 2 is 1.60 bits per heavy atom. The number of thiocarbonyl (C=S) groups is 1. The van der Waals surface area contributed by atoms with Crippen LogP contribution in [0.25, 0.3) is 0 Å². The molecule has 0 aliphatic heterocycles. The van der Waals surface area contributed by atoms with Gasteiger partial charge >= 0.3 is 6.36 Å². The highest BCUT2D eigenvalue weighted by molar-refractivity contribution is 7.80. The zero-order chi connectivity index (χ0) is 18.3. The van der Waals surface area contributed by atoms with Gasteiger partial charge in [0, 0.05) is 5.69 Å². The number of hydrogen-bond donors (Lipinski definition) is 2. The maximum atomic E-state index is 12.1. The van der Waals surface area contributed by atoms with Gasteiger partial charge in [0.1, 0.15) is 18.1 Å². The summed E-state index contributed by atoms with van der Waals surface area (Å²) in [5.41, 5.74) is 1.70. The minimum Gasteiger partial charge on any atom is -0.492 e. The van der Waals surface area contributed by atoms with Crippen molar-refractivity contribution < 1.29 is 22.6 Å². The van der Waals surface area contributed by atoms with Gasteiger partial charge in [-0.1, -0.05) is 17.7 Å². The first kappa shape index (κ1) is 18.9. The molecule has 0 atom stereocenters. The van der Waals surface area contributed by atoms with Crippen molar-refractivity contribution in [2.24, 2.45) is 0 Å². The summed E-state index contributed by atoms with van der Waals surface area (Å²) < 4.78 is 45.6. The van der Waals surface area contributed by atoms with Gasteiger partial charge in [0.2, 0.25) is 0 Å². The fourth-order valence-corrected chi connectivity index (χ4v) is 2.10. The Morgan fingerprint density at radius 3 is 2.20 bits per heavy atom. The van der Waals surface area contributed by atoms with Crippen LogP contribution in [0.4, 0.5) is 18.9 Å². The lowest BCUT2D eigenvalue weighted by Crippen LogP contribution is -2.31. The van der Waals surface area contributed by atoms with Crippen LogP contribution in [0.3, 0.4) is 0 Å². The van der Waals surface area contributed by atoms with E-state index in [1.807, 2.05) is 31.2 Å². The normalized spacial score (nSPS) is 10.9. The van der Waals surface area contributed by atoms with E-state index in [-0.39, 0.29) is 5.75 Å². The number of anilines is 1. The van der Waals surface area contributed by atoms with Gasteiger partial charge in [0.15, 0.2) is 5.11 Å². The predicted molar refractivity (Wildman–Crippen MR) is 94.0 cm³/mol. The molecule has 134 valence electrons. The molecular formula is C17H17F3N2O2S. The molecule has 0 bridgehead atoms. The Kier molecular flexibility index (Phi) is 6.46. The fourth-order valence-electron chi connectivity index (χ4n) is 1.88. The summed E-state index contributed by atoms with van der Waals surface area (Å²) in [6, 6.07) is 13.0. The van der Waals surface area contributed by atoms with Gasteiger partial charge < -0.3 is 20.1 Å². The molecular weight excluding hydrogens is 353 g/mol. The van der Waals surface area contributed by atoms with Gasteiger partial charge in [0.25, 0.3) is 0 Å². The minimum atomic E-state index is -4.71. The van der Waals surface area contributed by atoms with Crippen molar-refractivity contribution in [3.8, 4) is 11.5 Å². The second-order valence-electron chi connectivity index (χ2n) is 5.11. The summed E-state index contributed by atoms with van der Waals surface area (Å²) in [4.78, 5) is 0. The molecule has 2 rings (SSSR count). The van der Waals surface area contributed by atoms with Crippen LogP contribution in [0.2, 0.25) is 0 Å². The van der Waals surface area contributed by atoms with E-state index in [0.29, 0.717) is 24.0 Å². The van der Waals surface area contributed by atoms with Crippen LogP contribution in [0.1, 0.15) is 5.56 Å². The number of hydrogen-bond acceptors (Lipinski definition) is 3. The average Bonchev–Trinajstić information content (AvgIpc) is 2.54. The van der Waals surface area contributed by atoms with Gasteiger partial charge in [0.05, 0.1) is 6.54 Å². The van der Waals surface area contributed by atoms with E-state index in [1.165, 1.54) is 24.3 Å². The number of nitrogens with one attached hydrogen (secondary N) is 2. The van der Waals surface area contributed by atoms with Crippen molar-refractivity contribution in [2.75, 3.05) is 18.5 Å². The van der Waals surface area contributed by atoms with Crippen LogP contribution in [0.5, 0.6) is 11.5 Å². The Bertz CT molecular complexity index is 689. The molecule has 0 saturated carbocycles. The quantitative estimate of drug-likeness (QED) is 0.588. The van der Waals surface area contributed by atoms with Crippen molar-refractivity contribution >= 4 is 23.0 Å². The van der Waals surface area contributed by atoms with Crippen LogP contribution in [0.15, 0.2) is 48.5 Å². The fraction of sp³-hybridized carbons (Fsp3) is 0.235. The topological polar surface area (TPSA) is 42.5 Å². The van der Waals surface area contributed by atoms with E-state index >= 15 is 0 Å². The number of rotatable bonds is 6. The Labute approximate surface area is 148 Å². The monoisotopic (exact) mass is 370 g/mol. The molecule has 0 amide bonds. The van der Waals surface area contributed by atoms with Crippen LogP contribution >= 0.6 is 12.2 Å². The smallest absolute Gasteiger partial charge is 0.492 e. The van der Waals surface area contributed by atoms with Crippen LogP contribution in [0, 0.1) is 6.92 Å². The third kappa shape index (κ3) is 7.30. The molecule has 0 unspecified atom stereocenters. The molecule has 0 aliphatic carbocycles. The molecule has 0 heterocycles. The van der Waals surface area contributed by atoms with Crippen LogP contribution in [-0.2, 0) is 0 Å². The highest BCUT2D eigenvalue weighted by Gasteiger charge is 2.30. The standard InChI is InChI=1S/C17H17F3N2O2S/c1-12-2-6-14(7-3-12)23-11-10-21-16(25)22-13-4-8-15(9-5-13)24-17(18,19)20/h2-9H,10-11H2,1H3,(H2,21,22,25). The summed E-state index contributed by atoms with van der Waals surface area (Å²) in [5, 5.41) is 6.16. The third-order valence-corrected chi connectivity index (χ3v) is 3.27. The molecule has 8 heteroatoms. The summed E-state index contributed by atoms with van der Waals surface area (Å²) in [6.07, 6.45) is -4.71. The van der Waals surface area contributed by atoms with Crippen molar-refractivity contribution in [3.05, 3.63) is 54.1 Å². The molecule has 0 fully saturated rings. The lowest BCUT2D eigenvalue weighted by molar-refractivity contribution is -0.274. The summed E-state index contributed by atoms with van der Waals surface area (Å²) in [6.45, 7) is 2.90. The first-order valence-corrected chi connectivity index (χ1v) is 7.83. The highest BCUT2D eigenvalue weighted by Crippen LogP contribution is 2.23. The number of ether oxygens (including phenoxy) is 2. The number of benzene rings is 2. The Hall–Kier alpha value is -2.48. The van der Waals surface area contributed by atoms with E-state index in [2.05, 4.69) is 15.4 Å². The molecule has 0 saturated heterocycles. The van der Waals surface area contributed by atoms with E-state index in [0.717, 1.165) is 11.3 Å². The first-order chi connectivity index (χ1) is 11.8. The Balaban J connectivity index is 1.70. The van der Waals surface area contributed by atoms with Gasteiger partial charge in [-0.2, -0.15) is 0 Å². The lowest BCUT2D eigenvalue weighted by Gasteiger charge is -2.12. The first-order valence-electron chi connectivity index (χ1n) is 7.42. The van der Waals surface area contributed by atoms with Gasteiger partial charge in [-0.3, -0.25) is 0 Å². The van der Waals surface area contributed by atoms with Gasteiger partial charge in [-0.05, 0) is 55.5 Å². The second-order valence-corrected chi connectivity index (χ2v) is 5.52. The van der Waals surface area contributed by atoms with E-state index in [4.69, 9.17) is 17.0 Å². The number of halogens is 3. The molecule has 0 spiro atoms. The Morgan fingerprint density at radius 1 is 1.00 bits per heavy atom. The van der Waals surface area contributed by atoms with Gasteiger partial charge in [-0.15, -0.1) is 13.2 Å². The van der Waals surface area contributed by atoms with E-state index < -0.39 is 6.36 Å². The van der Waals surface area contributed by atoms with Crippen LogP contribution < -0.4 is 20.1 Å². The minimum absolute atomic E-state index is 0.288. The molecule has 2 N–H and O–H groups in total. The molecule has 25 heavy (non-hydrogen) atoms. The molecule has 4 nitrogen and oxygen atoms in total. The van der Waals surface area contributed by atoms with Crippen molar-refractivity contribution in [2.45, 2.75) is 13.3 Å². The number of alkyl halides is 3. The largest absolute Gasteiger partial charge is 0.573 e. The van der Waals surface area contributed by atoms with Gasteiger partial charge in [-0.25, -0.2) is 0 Å². The predicted octanol–water partition coefficient (Wildman–Crippen LogP) is 4.26. The summed E-state index contributed by atoms with van der Waals surface area (Å²) in [5.74, 6) is 0.481. The van der Waals surface area contributed by atoms with Crippen molar-refractivity contribution in [3.63, 3.8) is 0 Å². The molecule has 0 radical (unpaired) electrons. The molecule has 0 aromatic heterocycles. The average molecular weight is 370 g/mol. The second kappa shape index (κ2) is 8.57. The van der Waals surface area contributed by atoms with E-state index in [1.54, 1.807) is 0 Å². The maximum Gasteiger partial charge on any atom is 0.573 e. The maximum absolute atomic E-state index is 12.1. The summed E-state index contributed by atoms with van der Waals surface area (Å²) >= 11 is 5.11. The zero-order valence-electron chi connectivity index (χ0n) is 13.4. The summed E-state index contributed by atoms with van der Waals surface area (Å²) in [7, 11) is 0. The molecule has 0 aliphatic rings. The van der Waals surface area contributed by atoms with Crippen LogP contribution in [-0.4, -0.2) is 24.6 Å².